The first-order valence-electron chi connectivity index (χ1n) is 7.23. The molecule has 0 aromatic heterocycles. The van der Waals surface area contributed by atoms with Gasteiger partial charge in [-0.3, -0.25) is 0 Å². The largest absolute Gasteiger partial charge is 0.487 e. The summed E-state index contributed by atoms with van der Waals surface area (Å²) in [6, 6.07) is 4.12. The van der Waals surface area contributed by atoms with E-state index in [9.17, 15) is 0 Å². The van der Waals surface area contributed by atoms with E-state index in [1.54, 1.807) is 0 Å². The molecule has 0 radical (unpaired) electrons. The zero-order valence-corrected chi connectivity index (χ0v) is 12.9. The number of halogens is 1. The van der Waals surface area contributed by atoms with Gasteiger partial charge in [-0.15, -0.1) is 0 Å². The fraction of sp³-hybridized carbons (Fsp3) is 0.625. The number of aryl methyl sites for hydroxylation is 2. The van der Waals surface area contributed by atoms with Gasteiger partial charge in [0.1, 0.15) is 11.4 Å². The molecule has 0 unspecified atom stereocenters. The summed E-state index contributed by atoms with van der Waals surface area (Å²) in [5.41, 5.74) is 2.24. The molecule has 1 aromatic carbocycles. The Morgan fingerprint density at radius 3 is 2.37 bits per heavy atom. The molecule has 19 heavy (non-hydrogen) atoms. The monoisotopic (exact) mass is 281 g/mol. The van der Waals surface area contributed by atoms with Crippen LogP contribution in [0.5, 0.6) is 5.75 Å². The van der Waals surface area contributed by atoms with Crippen LogP contribution >= 0.6 is 11.6 Å². The van der Waals surface area contributed by atoms with Crippen LogP contribution in [0.3, 0.4) is 0 Å². The summed E-state index contributed by atoms with van der Waals surface area (Å²) in [5, 5.41) is 4.24. The number of rotatable bonds is 6. The fourth-order valence-corrected chi connectivity index (χ4v) is 2.79. The molecule has 1 aliphatic rings. The third kappa shape index (κ3) is 3.43. The van der Waals surface area contributed by atoms with Gasteiger partial charge in [-0.05, 0) is 75.9 Å². The van der Waals surface area contributed by atoms with E-state index in [1.165, 1.54) is 19.3 Å². The van der Waals surface area contributed by atoms with Crippen LogP contribution < -0.4 is 10.1 Å². The maximum absolute atomic E-state index is 6.30. The highest BCUT2D eigenvalue weighted by Gasteiger charge is 2.38. The molecule has 1 N–H and O–H groups in total. The number of benzene rings is 1. The van der Waals surface area contributed by atoms with Crippen LogP contribution in [0.2, 0.25) is 5.02 Å². The second kappa shape index (κ2) is 6.15. The molecule has 0 heterocycles. The summed E-state index contributed by atoms with van der Waals surface area (Å²) < 4.78 is 6.30. The Labute approximate surface area is 121 Å². The second-order valence-electron chi connectivity index (χ2n) is 5.61. The van der Waals surface area contributed by atoms with E-state index in [1.807, 2.05) is 13.8 Å². The van der Waals surface area contributed by atoms with Gasteiger partial charge in [-0.25, -0.2) is 0 Å². The Balaban J connectivity index is 2.06. The van der Waals surface area contributed by atoms with Crippen LogP contribution in [0, 0.1) is 13.8 Å². The molecule has 0 amide bonds. The zero-order chi connectivity index (χ0) is 13.9. The second-order valence-corrected chi connectivity index (χ2v) is 5.99. The van der Waals surface area contributed by atoms with E-state index in [2.05, 4.69) is 24.4 Å². The Morgan fingerprint density at radius 2 is 1.89 bits per heavy atom. The molecule has 2 rings (SSSR count). The molecule has 0 saturated heterocycles. The number of hydrogen-bond donors (Lipinski definition) is 1. The Hall–Kier alpha value is -0.730. The molecule has 0 aliphatic heterocycles. The summed E-state index contributed by atoms with van der Waals surface area (Å²) in [6.45, 7) is 8.26. The molecule has 1 aromatic rings. The summed E-state index contributed by atoms with van der Waals surface area (Å²) >= 11 is 6.21. The van der Waals surface area contributed by atoms with Crippen LogP contribution in [0.1, 0.15) is 43.7 Å². The lowest BCUT2D eigenvalue weighted by atomic mass is 9.77. The van der Waals surface area contributed by atoms with E-state index in [-0.39, 0.29) is 5.60 Å². The van der Waals surface area contributed by atoms with Crippen LogP contribution in [0.25, 0.3) is 0 Å². The van der Waals surface area contributed by atoms with Gasteiger partial charge < -0.3 is 10.1 Å². The summed E-state index contributed by atoms with van der Waals surface area (Å²) in [4.78, 5) is 0. The smallest absolute Gasteiger partial charge is 0.120 e. The molecule has 106 valence electrons. The quantitative estimate of drug-likeness (QED) is 0.787. The van der Waals surface area contributed by atoms with E-state index in [4.69, 9.17) is 16.3 Å². The van der Waals surface area contributed by atoms with E-state index in [0.717, 1.165) is 41.4 Å². The van der Waals surface area contributed by atoms with Gasteiger partial charge in [0.2, 0.25) is 0 Å². The SMILES string of the molecule is CCNCCC1(Oc2cc(C)c(Cl)c(C)c2)CCC1. The van der Waals surface area contributed by atoms with Crippen molar-refractivity contribution in [1.29, 1.82) is 0 Å². The van der Waals surface area contributed by atoms with Crippen molar-refractivity contribution in [3.8, 4) is 5.75 Å². The third-order valence-electron chi connectivity index (χ3n) is 4.02. The Kier molecular flexibility index (Phi) is 4.75. The predicted octanol–water partition coefficient (Wildman–Crippen LogP) is 4.26. The first-order valence-corrected chi connectivity index (χ1v) is 7.60. The van der Waals surface area contributed by atoms with Crippen LogP contribution in [-0.2, 0) is 0 Å². The lowest BCUT2D eigenvalue weighted by Gasteiger charge is -2.42. The van der Waals surface area contributed by atoms with E-state index < -0.39 is 0 Å². The van der Waals surface area contributed by atoms with Gasteiger partial charge in [-0.1, -0.05) is 18.5 Å². The zero-order valence-electron chi connectivity index (χ0n) is 12.2. The van der Waals surface area contributed by atoms with Gasteiger partial charge in [0.25, 0.3) is 0 Å². The van der Waals surface area contributed by atoms with Crippen LogP contribution in [-0.4, -0.2) is 18.7 Å². The van der Waals surface area contributed by atoms with Crippen molar-refractivity contribution < 1.29 is 4.74 Å². The first-order chi connectivity index (χ1) is 9.06. The molecule has 0 atom stereocenters. The molecule has 1 fully saturated rings. The molecule has 0 spiro atoms. The first kappa shape index (κ1) is 14.7. The Morgan fingerprint density at radius 1 is 1.26 bits per heavy atom. The van der Waals surface area contributed by atoms with Gasteiger partial charge in [0.15, 0.2) is 0 Å². The summed E-state index contributed by atoms with van der Waals surface area (Å²) in [6.07, 6.45) is 4.69. The minimum Gasteiger partial charge on any atom is -0.487 e. The van der Waals surface area contributed by atoms with Crippen molar-refractivity contribution in [3.63, 3.8) is 0 Å². The van der Waals surface area contributed by atoms with Gasteiger partial charge in [-0.2, -0.15) is 0 Å². The molecule has 3 heteroatoms. The minimum absolute atomic E-state index is 0.0505. The van der Waals surface area contributed by atoms with E-state index >= 15 is 0 Å². The normalized spacial score (nSPS) is 17.1. The molecule has 2 nitrogen and oxygen atoms in total. The summed E-state index contributed by atoms with van der Waals surface area (Å²) in [5.74, 6) is 0.968. The van der Waals surface area contributed by atoms with Gasteiger partial charge >= 0.3 is 0 Å². The fourth-order valence-electron chi connectivity index (χ4n) is 2.68. The van der Waals surface area contributed by atoms with Crippen LogP contribution in [0.4, 0.5) is 0 Å². The van der Waals surface area contributed by atoms with Crippen molar-refractivity contribution in [2.24, 2.45) is 0 Å². The van der Waals surface area contributed by atoms with Crippen molar-refractivity contribution in [1.82, 2.24) is 5.32 Å². The molecule has 0 bridgehead atoms. The molecular weight excluding hydrogens is 258 g/mol. The molecular formula is C16H24ClNO. The highest BCUT2D eigenvalue weighted by molar-refractivity contribution is 6.32. The number of nitrogens with one attached hydrogen (secondary N) is 1. The Bertz CT molecular complexity index is 417. The lowest BCUT2D eigenvalue weighted by Crippen LogP contribution is -2.45. The maximum atomic E-state index is 6.30. The van der Waals surface area contributed by atoms with Crippen molar-refractivity contribution in [3.05, 3.63) is 28.3 Å². The topological polar surface area (TPSA) is 21.3 Å². The molecule has 1 saturated carbocycles. The highest BCUT2D eigenvalue weighted by atomic mass is 35.5. The van der Waals surface area contributed by atoms with Crippen LogP contribution in [0.15, 0.2) is 12.1 Å². The van der Waals surface area contributed by atoms with Gasteiger partial charge in [0.05, 0.1) is 0 Å². The van der Waals surface area contributed by atoms with Crippen molar-refractivity contribution >= 4 is 11.6 Å². The lowest BCUT2D eigenvalue weighted by molar-refractivity contribution is -0.0141. The average Bonchev–Trinajstić information content (AvgIpc) is 2.33. The summed E-state index contributed by atoms with van der Waals surface area (Å²) in [7, 11) is 0. The number of ether oxygens (including phenoxy) is 1. The third-order valence-corrected chi connectivity index (χ3v) is 4.61. The van der Waals surface area contributed by atoms with Gasteiger partial charge in [0, 0.05) is 5.02 Å². The standard InChI is InChI=1S/C16H24ClNO/c1-4-18-9-8-16(6-5-7-16)19-14-10-12(2)15(17)13(3)11-14/h10-11,18H,4-9H2,1-3H3. The van der Waals surface area contributed by atoms with Crippen molar-refractivity contribution in [2.75, 3.05) is 13.1 Å². The molecule has 1 aliphatic carbocycles. The van der Waals surface area contributed by atoms with E-state index in [0.29, 0.717) is 0 Å². The van der Waals surface area contributed by atoms with Crippen molar-refractivity contribution in [2.45, 2.75) is 52.1 Å². The predicted molar refractivity (Wildman–Crippen MR) is 81.3 cm³/mol. The minimum atomic E-state index is 0.0505. The maximum Gasteiger partial charge on any atom is 0.120 e. The number of hydrogen-bond acceptors (Lipinski definition) is 2. The average molecular weight is 282 g/mol. The highest BCUT2D eigenvalue weighted by Crippen LogP contribution is 2.40.